The van der Waals surface area contributed by atoms with Crippen molar-refractivity contribution in [2.24, 2.45) is 0 Å². The van der Waals surface area contributed by atoms with Gasteiger partial charge in [0.05, 0.1) is 12.1 Å². The van der Waals surface area contributed by atoms with Crippen molar-refractivity contribution in [2.75, 3.05) is 36.8 Å². The summed E-state index contributed by atoms with van der Waals surface area (Å²) >= 11 is 7.44. The second kappa shape index (κ2) is 6.76. The Bertz CT molecular complexity index is 710. The van der Waals surface area contributed by atoms with Gasteiger partial charge in [-0.2, -0.15) is 0 Å². The summed E-state index contributed by atoms with van der Waals surface area (Å²) in [7, 11) is 0. The number of nitrogens with two attached hydrogens (primary N) is 1. The molecule has 1 aromatic carbocycles. The first-order valence-electron chi connectivity index (χ1n) is 7.53. The Labute approximate surface area is 144 Å². The molecule has 23 heavy (non-hydrogen) atoms. The minimum atomic E-state index is 0.141. The maximum absolute atomic E-state index is 12.5. The number of benzene rings is 1. The Balaban J connectivity index is 1.58. The van der Waals surface area contributed by atoms with Gasteiger partial charge in [-0.15, -0.1) is 11.3 Å². The van der Waals surface area contributed by atoms with Crippen molar-refractivity contribution in [3.8, 4) is 0 Å². The Morgan fingerprint density at radius 3 is 2.70 bits per heavy atom. The number of halogens is 1. The molecular weight excluding hydrogens is 332 g/mol. The lowest BCUT2D eigenvalue weighted by Crippen LogP contribution is -2.49. The summed E-state index contributed by atoms with van der Waals surface area (Å²) < 4.78 is 0. The third-order valence-corrected chi connectivity index (χ3v) is 5.25. The molecular formula is C16H19ClN4OS. The molecule has 1 amide bonds. The summed E-state index contributed by atoms with van der Waals surface area (Å²) in [4.78, 5) is 21.8. The molecule has 7 heteroatoms. The number of rotatable bonds is 3. The van der Waals surface area contributed by atoms with E-state index in [9.17, 15) is 4.79 Å². The highest BCUT2D eigenvalue weighted by Gasteiger charge is 2.22. The molecule has 0 saturated carbocycles. The molecule has 2 aromatic rings. The van der Waals surface area contributed by atoms with E-state index in [1.165, 1.54) is 11.3 Å². The Kier molecular flexibility index (Phi) is 4.73. The topological polar surface area (TPSA) is 62.5 Å². The number of aryl methyl sites for hydroxylation is 1. The van der Waals surface area contributed by atoms with E-state index in [4.69, 9.17) is 17.3 Å². The molecule has 2 heterocycles. The fourth-order valence-corrected chi connectivity index (χ4v) is 3.76. The number of amides is 1. The van der Waals surface area contributed by atoms with Gasteiger partial charge < -0.3 is 15.5 Å². The van der Waals surface area contributed by atoms with E-state index in [1.807, 2.05) is 36.1 Å². The van der Waals surface area contributed by atoms with Crippen molar-refractivity contribution in [2.45, 2.75) is 13.3 Å². The van der Waals surface area contributed by atoms with Gasteiger partial charge in [0.25, 0.3) is 0 Å². The van der Waals surface area contributed by atoms with Crippen LogP contribution in [0.5, 0.6) is 0 Å². The number of nitrogens with zero attached hydrogens (tertiary/aromatic N) is 3. The standard InChI is InChI=1S/C16H19ClN4OS/c1-11-14(23-16(18)19-11)10-15(22)21-7-5-20(6-8-21)13-4-2-3-12(17)9-13/h2-4,9H,5-8,10H2,1H3,(H2,18,19). The van der Waals surface area contributed by atoms with Crippen LogP contribution in [-0.4, -0.2) is 42.0 Å². The zero-order valence-electron chi connectivity index (χ0n) is 13.0. The predicted molar refractivity (Wildman–Crippen MR) is 95.2 cm³/mol. The van der Waals surface area contributed by atoms with Crippen molar-refractivity contribution < 1.29 is 4.79 Å². The summed E-state index contributed by atoms with van der Waals surface area (Å²) in [5.74, 6) is 0.141. The lowest BCUT2D eigenvalue weighted by molar-refractivity contribution is -0.130. The van der Waals surface area contributed by atoms with E-state index in [0.29, 0.717) is 11.6 Å². The van der Waals surface area contributed by atoms with Crippen LogP contribution in [-0.2, 0) is 11.2 Å². The highest BCUT2D eigenvalue weighted by atomic mass is 35.5. The van der Waals surface area contributed by atoms with Gasteiger partial charge in [-0.05, 0) is 25.1 Å². The molecule has 0 aliphatic carbocycles. The fourth-order valence-electron chi connectivity index (χ4n) is 2.75. The smallest absolute Gasteiger partial charge is 0.228 e. The Morgan fingerprint density at radius 2 is 2.09 bits per heavy atom. The van der Waals surface area contributed by atoms with Crippen LogP contribution in [0.1, 0.15) is 10.6 Å². The molecule has 1 saturated heterocycles. The van der Waals surface area contributed by atoms with Crippen LogP contribution < -0.4 is 10.6 Å². The maximum atomic E-state index is 12.5. The number of hydrogen-bond donors (Lipinski definition) is 1. The Morgan fingerprint density at radius 1 is 1.35 bits per heavy atom. The molecule has 2 N–H and O–H groups in total. The van der Waals surface area contributed by atoms with Crippen LogP contribution in [0.3, 0.4) is 0 Å². The first-order valence-corrected chi connectivity index (χ1v) is 8.72. The molecule has 1 aliphatic heterocycles. The summed E-state index contributed by atoms with van der Waals surface area (Å²) in [6.45, 7) is 4.97. The van der Waals surface area contributed by atoms with Crippen molar-refractivity contribution >= 4 is 39.7 Å². The number of thiazole rings is 1. The lowest BCUT2D eigenvalue weighted by atomic mass is 10.2. The number of piperazine rings is 1. The van der Waals surface area contributed by atoms with Crippen LogP contribution in [0.4, 0.5) is 10.8 Å². The molecule has 0 spiro atoms. The van der Waals surface area contributed by atoms with E-state index in [0.717, 1.165) is 47.5 Å². The summed E-state index contributed by atoms with van der Waals surface area (Å²) in [5, 5.41) is 1.26. The van der Waals surface area contributed by atoms with Crippen LogP contribution in [0, 0.1) is 6.92 Å². The SMILES string of the molecule is Cc1nc(N)sc1CC(=O)N1CCN(c2cccc(Cl)c2)CC1. The predicted octanol–water partition coefficient (Wildman–Crippen LogP) is 2.58. The number of carbonyl (C=O) groups is 1. The van der Waals surface area contributed by atoms with E-state index >= 15 is 0 Å². The molecule has 1 aliphatic rings. The normalized spacial score (nSPS) is 15.0. The minimum Gasteiger partial charge on any atom is -0.375 e. The van der Waals surface area contributed by atoms with Gasteiger partial charge in [-0.3, -0.25) is 4.79 Å². The van der Waals surface area contributed by atoms with Crippen LogP contribution in [0.25, 0.3) is 0 Å². The quantitative estimate of drug-likeness (QED) is 0.924. The maximum Gasteiger partial charge on any atom is 0.228 e. The van der Waals surface area contributed by atoms with Gasteiger partial charge in [0.1, 0.15) is 0 Å². The number of hydrogen-bond acceptors (Lipinski definition) is 5. The van der Waals surface area contributed by atoms with Crippen molar-refractivity contribution in [1.29, 1.82) is 0 Å². The van der Waals surface area contributed by atoms with E-state index in [2.05, 4.69) is 9.88 Å². The minimum absolute atomic E-state index is 0.141. The molecule has 0 radical (unpaired) electrons. The van der Waals surface area contributed by atoms with Gasteiger partial charge in [0.2, 0.25) is 5.91 Å². The van der Waals surface area contributed by atoms with Gasteiger partial charge in [-0.25, -0.2) is 4.98 Å². The monoisotopic (exact) mass is 350 g/mol. The lowest BCUT2D eigenvalue weighted by Gasteiger charge is -2.36. The van der Waals surface area contributed by atoms with Crippen molar-refractivity contribution in [3.05, 3.63) is 39.9 Å². The molecule has 122 valence electrons. The van der Waals surface area contributed by atoms with Crippen LogP contribution in [0.2, 0.25) is 5.02 Å². The first-order chi connectivity index (χ1) is 11.0. The zero-order chi connectivity index (χ0) is 16.4. The molecule has 0 atom stereocenters. The number of anilines is 2. The molecule has 1 aromatic heterocycles. The number of aromatic nitrogens is 1. The van der Waals surface area contributed by atoms with Gasteiger partial charge >= 0.3 is 0 Å². The Hall–Kier alpha value is -1.79. The highest BCUT2D eigenvalue weighted by molar-refractivity contribution is 7.15. The van der Waals surface area contributed by atoms with Gasteiger partial charge in [0.15, 0.2) is 5.13 Å². The molecule has 3 rings (SSSR count). The largest absolute Gasteiger partial charge is 0.375 e. The molecule has 5 nitrogen and oxygen atoms in total. The fraction of sp³-hybridized carbons (Fsp3) is 0.375. The van der Waals surface area contributed by atoms with E-state index in [1.54, 1.807) is 0 Å². The third kappa shape index (κ3) is 3.76. The average molecular weight is 351 g/mol. The second-order valence-corrected chi connectivity index (χ2v) is 7.14. The molecule has 0 bridgehead atoms. The van der Waals surface area contributed by atoms with E-state index in [-0.39, 0.29) is 5.91 Å². The van der Waals surface area contributed by atoms with Gasteiger partial charge in [-0.1, -0.05) is 17.7 Å². The molecule has 1 fully saturated rings. The first kappa shape index (κ1) is 16.1. The number of nitrogen functional groups attached to an aromatic ring is 1. The highest BCUT2D eigenvalue weighted by Crippen LogP contribution is 2.23. The number of carbonyl (C=O) groups excluding carboxylic acids is 1. The summed E-state index contributed by atoms with van der Waals surface area (Å²) in [6.07, 6.45) is 0.387. The van der Waals surface area contributed by atoms with Gasteiger partial charge in [0, 0.05) is 41.8 Å². The summed E-state index contributed by atoms with van der Waals surface area (Å²) in [5.41, 5.74) is 7.66. The average Bonchev–Trinajstić information content (AvgIpc) is 2.85. The molecule has 0 unspecified atom stereocenters. The van der Waals surface area contributed by atoms with Crippen LogP contribution >= 0.6 is 22.9 Å². The summed E-state index contributed by atoms with van der Waals surface area (Å²) in [6, 6.07) is 7.83. The van der Waals surface area contributed by atoms with Crippen LogP contribution in [0.15, 0.2) is 24.3 Å². The van der Waals surface area contributed by atoms with Crippen molar-refractivity contribution in [3.63, 3.8) is 0 Å². The van der Waals surface area contributed by atoms with E-state index < -0.39 is 0 Å². The third-order valence-electron chi connectivity index (χ3n) is 4.03. The second-order valence-electron chi connectivity index (χ2n) is 5.59. The zero-order valence-corrected chi connectivity index (χ0v) is 14.5. The van der Waals surface area contributed by atoms with Crippen molar-refractivity contribution in [1.82, 2.24) is 9.88 Å².